The molecule has 1 amide bonds. The normalized spacial score (nSPS) is 20.1. The molecule has 4 rings (SSSR count). The molecule has 3 aromatic rings. The first-order valence-electron chi connectivity index (χ1n) is 11.4. The Morgan fingerprint density at radius 3 is 2.63 bits per heavy atom. The van der Waals surface area contributed by atoms with Crippen LogP contribution in [0.5, 0.6) is 6.01 Å². The standard InChI is InChI=1S/C24H29FN6O4/c1-14(2)35-23-28-10-8-17(29-23)19-18(15-4-6-16(25)7-5-15)30-20(31-19)21-33-12-24(3,13-34-21)22(32)27-11-9-26/h4-8,10,14,21H,9,11-13,26H2,1-3H3,(H,27,32)(H,30,31). The van der Waals surface area contributed by atoms with Crippen molar-refractivity contribution in [1.82, 2.24) is 25.3 Å². The molecule has 1 saturated heterocycles. The maximum Gasteiger partial charge on any atom is 0.317 e. The number of benzene rings is 1. The van der Waals surface area contributed by atoms with Crippen LogP contribution in [-0.2, 0) is 14.3 Å². The van der Waals surface area contributed by atoms with Crippen LogP contribution in [0.3, 0.4) is 0 Å². The van der Waals surface area contributed by atoms with E-state index < -0.39 is 11.7 Å². The third-order valence-corrected chi connectivity index (χ3v) is 5.38. The highest BCUT2D eigenvalue weighted by molar-refractivity contribution is 5.82. The third kappa shape index (κ3) is 5.64. The number of ether oxygens (including phenoxy) is 3. The number of aromatic nitrogens is 4. The lowest BCUT2D eigenvalue weighted by Gasteiger charge is -2.35. The lowest BCUT2D eigenvalue weighted by molar-refractivity contribution is -0.231. The summed E-state index contributed by atoms with van der Waals surface area (Å²) in [6.07, 6.45) is 0.666. The van der Waals surface area contributed by atoms with Crippen LogP contribution >= 0.6 is 0 Å². The molecule has 0 atom stereocenters. The fourth-order valence-electron chi connectivity index (χ4n) is 3.55. The van der Waals surface area contributed by atoms with Gasteiger partial charge in [-0.15, -0.1) is 0 Å². The number of nitrogens with zero attached hydrogens (tertiary/aromatic N) is 3. The van der Waals surface area contributed by atoms with E-state index >= 15 is 0 Å². The predicted molar refractivity (Wildman–Crippen MR) is 126 cm³/mol. The Kier molecular flexibility index (Phi) is 7.39. The molecule has 1 aliphatic heterocycles. The summed E-state index contributed by atoms with van der Waals surface area (Å²) in [5.41, 5.74) is 6.95. The zero-order chi connectivity index (χ0) is 25.0. The quantitative estimate of drug-likeness (QED) is 0.444. The largest absolute Gasteiger partial charge is 0.461 e. The maximum atomic E-state index is 13.6. The average molecular weight is 485 g/mol. The molecule has 35 heavy (non-hydrogen) atoms. The van der Waals surface area contributed by atoms with Crippen molar-refractivity contribution in [2.45, 2.75) is 33.2 Å². The Balaban J connectivity index is 1.64. The second-order valence-electron chi connectivity index (χ2n) is 8.80. The van der Waals surface area contributed by atoms with Gasteiger partial charge in [0.05, 0.1) is 41.8 Å². The number of nitrogens with two attached hydrogens (primary N) is 1. The van der Waals surface area contributed by atoms with Crippen LogP contribution in [0.4, 0.5) is 4.39 Å². The first-order chi connectivity index (χ1) is 16.8. The van der Waals surface area contributed by atoms with Gasteiger partial charge in [-0.2, -0.15) is 4.98 Å². The molecule has 1 aromatic carbocycles. The molecule has 0 radical (unpaired) electrons. The summed E-state index contributed by atoms with van der Waals surface area (Å²) in [6, 6.07) is 7.93. The van der Waals surface area contributed by atoms with E-state index in [9.17, 15) is 9.18 Å². The van der Waals surface area contributed by atoms with Gasteiger partial charge in [-0.3, -0.25) is 4.79 Å². The highest BCUT2D eigenvalue weighted by Gasteiger charge is 2.40. The summed E-state index contributed by atoms with van der Waals surface area (Å²) in [7, 11) is 0. The summed E-state index contributed by atoms with van der Waals surface area (Å²) in [5, 5.41) is 2.77. The van der Waals surface area contributed by atoms with Crippen LogP contribution in [0.25, 0.3) is 22.6 Å². The van der Waals surface area contributed by atoms with Gasteiger partial charge in [0.25, 0.3) is 0 Å². The molecule has 2 aromatic heterocycles. The van der Waals surface area contributed by atoms with E-state index in [1.807, 2.05) is 13.8 Å². The first-order valence-corrected chi connectivity index (χ1v) is 11.4. The number of hydrogen-bond donors (Lipinski definition) is 3. The van der Waals surface area contributed by atoms with Crippen molar-refractivity contribution in [2.24, 2.45) is 11.1 Å². The minimum Gasteiger partial charge on any atom is -0.461 e. The number of nitrogens with one attached hydrogen (secondary N) is 2. The van der Waals surface area contributed by atoms with Gasteiger partial charge < -0.3 is 30.2 Å². The average Bonchev–Trinajstić information content (AvgIpc) is 3.28. The number of carbonyl (C=O) groups is 1. The van der Waals surface area contributed by atoms with Crippen molar-refractivity contribution >= 4 is 5.91 Å². The van der Waals surface area contributed by atoms with Gasteiger partial charge in [0.1, 0.15) is 5.82 Å². The highest BCUT2D eigenvalue weighted by atomic mass is 19.1. The summed E-state index contributed by atoms with van der Waals surface area (Å²) < 4.78 is 31.0. The Morgan fingerprint density at radius 2 is 1.97 bits per heavy atom. The number of halogens is 1. The van der Waals surface area contributed by atoms with E-state index in [-0.39, 0.29) is 37.1 Å². The van der Waals surface area contributed by atoms with Gasteiger partial charge in [-0.1, -0.05) is 0 Å². The van der Waals surface area contributed by atoms with Crippen molar-refractivity contribution < 1.29 is 23.4 Å². The smallest absolute Gasteiger partial charge is 0.317 e. The summed E-state index contributed by atoms with van der Waals surface area (Å²) in [5.74, 6) is -0.146. The summed E-state index contributed by atoms with van der Waals surface area (Å²) >= 11 is 0. The van der Waals surface area contributed by atoms with Crippen LogP contribution < -0.4 is 15.8 Å². The number of aromatic amines is 1. The molecule has 10 nitrogen and oxygen atoms in total. The van der Waals surface area contributed by atoms with Gasteiger partial charge in [0, 0.05) is 24.8 Å². The monoisotopic (exact) mass is 484 g/mol. The molecule has 0 bridgehead atoms. The van der Waals surface area contributed by atoms with Crippen molar-refractivity contribution in [3.63, 3.8) is 0 Å². The van der Waals surface area contributed by atoms with Gasteiger partial charge in [-0.25, -0.2) is 14.4 Å². The summed E-state index contributed by atoms with van der Waals surface area (Å²) in [4.78, 5) is 29.1. The van der Waals surface area contributed by atoms with E-state index in [1.165, 1.54) is 12.1 Å². The molecule has 0 unspecified atom stereocenters. The molecular weight excluding hydrogens is 455 g/mol. The predicted octanol–water partition coefficient (Wildman–Crippen LogP) is 2.59. The van der Waals surface area contributed by atoms with E-state index in [2.05, 4.69) is 20.3 Å². The zero-order valence-electron chi connectivity index (χ0n) is 19.9. The minimum absolute atomic E-state index is 0.0976. The fraction of sp³-hybridized carbons (Fsp3) is 0.417. The van der Waals surface area contributed by atoms with Gasteiger partial charge in [0.15, 0.2) is 5.82 Å². The molecule has 186 valence electrons. The number of H-pyrrole nitrogens is 1. The second-order valence-corrected chi connectivity index (χ2v) is 8.80. The van der Waals surface area contributed by atoms with Crippen molar-refractivity contribution in [1.29, 1.82) is 0 Å². The molecule has 1 fully saturated rings. The lowest BCUT2D eigenvalue weighted by atomic mass is 9.91. The lowest BCUT2D eigenvalue weighted by Crippen LogP contribution is -2.49. The van der Waals surface area contributed by atoms with Gasteiger partial charge in [-0.05, 0) is 51.1 Å². The Labute approximate surface area is 202 Å². The van der Waals surface area contributed by atoms with E-state index in [1.54, 1.807) is 31.3 Å². The Morgan fingerprint density at radius 1 is 1.26 bits per heavy atom. The highest BCUT2D eigenvalue weighted by Crippen LogP contribution is 2.35. The van der Waals surface area contributed by atoms with Gasteiger partial charge in [0.2, 0.25) is 12.2 Å². The molecule has 0 saturated carbocycles. The van der Waals surface area contributed by atoms with Crippen LogP contribution in [0.2, 0.25) is 0 Å². The van der Waals surface area contributed by atoms with E-state index in [0.717, 1.165) is 0 Å². The third-order valence-electron chi connectivity index (χ3n) is 5.38. The molecule has 4 N–H and O–H groups in total. The molecular formula is C24H29FN6O4. The zero-order valence-corrected chi connectivity index (χ0v) is 19.9. The molecule has 0 spiro atoms. The number of amides is 1. The van der Waals surface area contributed by atoms with Crippen LogP contribution in [0, 0.1) is 11.2 Å². The number of imidazole rings is 1. The molecule has 0 aliphatic carbocycles. The first kappa shape index (κ1) is 24.7. The van der Waals surface area contributed by atoms with Crippen molar-refractivity contribution in [3.05, 3.63) is 48.2 Å². The molecule has 3 heterocycles. The number of hydrogen-bond acceptors (Lipinski definition) is 8. The Hall–Kier alpha value is -3.41. The Bertz CT molecular complexity index is 1160. The second kappa shape index (κ2) is 10.5. The summed E-state index contributed by atoms with van der Waals surface area (Å²) in [6.45, 7) is 6.53. The number of rotatable bonds is 8. The molecule has 1 aliphatic rings. The topological polar surface area (TPSA) is 137 Å². The van der Waals surface area contributed by atoms with E-state index in [4.69, 9.17) is 24.9 Å². The van der Waals surface area contributed by atoms with Crippen LogP contribution in [0.1, 0.15) is 32.9 Å². The minimum atomic E-state index is -0.851. The van der Waals surface area contributed by atoms with Crippen LogP contribution in [-0.4, -0.2) is 58.3 Å². The number of carbonyl (C=O) groups excluding carboxylic acids is 1. The van der Waals surface area contributed by atoms with Crippen molar-refractivity contribution in [3.8, 4) is 28.7 Å². The fourth-order valence-corrected chi connectivity index (χ4v) is 3.55. The van der Waals surface area contributed by atoms with Crippen LogP contribution in [0.15, 0.2) is 36.5 Å². The van der Waals surface area contributed by atoms with Crippen molar-refractivity contribution in [2.75, 3.05) is 26.3 Å². The van der Waals surface area contributed by atoms with E-state index in [0.29, 0.717) is 41.6 Å². The molecule has 11 heteroatoms. The van der Waals surface area contributed by atoms with Gasteiger partial charge >= 0.3 is 6.01 Å². The maximum absolute atomic E-state index is 13.6. The SMILES string of the molecule is CC(C)Oc1nccc(-c2[nH]c(C3OCC(C)(C(=O)NCCN)CO3)nc2-c2ccc(F)cc2)n1.